The lowest BCUT2D eigenvalue weighted by atomic mass is 10.00. The smallest absolute Gasteiger partial charge is 0.274 e. The largest absolute Gasteiger partial charge is 0.330 e. The number of hydrogen-bond acceptors (Lipinski definition) is 3. The topological polar surface area (TPSA) is 37.7 Å². The maximum Gasteiger partial charge on any atom is 0.274 e. The van der Waals surface area contributed by atoms with Gasteiger partial charge in [0.05, 0.1) is 24.2 Å². The SMILES string of the molecule is O=C(c1cc2c(s1)CCCCCC2)N1CCN(c2cccc[nH+]2)CC1. The number of carbonyl (C=O) groups is 1. The summed E-state index contributed by atoms with van der Waals surface area (Å²) in [6, 6.07) is 8.32. The quantitative estimate of drug-likeness (QED) is 0.829. The lowest BCUT2D eigenvalue weighted by Crippen LogP contribution is -2.49. The zero-order chi connectivity index (χ0) is 17.1. The third kappa shape index (κ3) is 3.71. The Balaban J connectivity index is 1.41. The first kappa shape index (κ1) is 16.6. The second-order valence-corrected chi connectivity index (χ2v) is 8.14. The van der Waals surface area contributed by atoms with E-state index in [1.54, 1.807) is 11.3 Å². The van der Waals surface area contributed by atoms with E-state index in [0.29, 0.717) is 0 Å². The third-order valence-corrected chi connectivity index (χ3v) is 6.53. The van der Waals surface area contributed by atoms with Crippen molar-refractivity contribution in [3.8, 4) is 0 Å². The van der Waals surface area contributed by atoms with Crippen LogP contribution in [0.4, 0.5) is 5.82 Å². The molecule has 1 amide bonds. The first-order chi connectivity index (χ1) is 12.3. The van der Waals surface area contributed by atoms with E-state index in [9.17, 15) is 4.79 Å². The van der Waals surface area contributed by atoms with Gasteiger partial charge in [-0.05, 0) is 43.4 Å². The van der Waals surface area contributed by atoms with Crippen LogP contribution in [0.15, 0.2) is 30.5 Å². The number of fused-ring (bicyclic) bond motifs is 1. The number of nitrogens with one attached hydrogen (secondary N) is 1. The van der Waals surface area contributed by atoms with Crippen LogP contribution in [0.5, 0.6) is 0 Å². The molecule has 1 aliphatic carbocycles. The minimum atomic E-state index is 0.230. The summed E-state index contributed by atoms with van der Waals surface area (Å²) in [5, 5.41) is 0. The first-order valence-corrected chi connectivity index (χ1v) is 10.3. The van der Waals surface area contributed by atoms with Crippen molar-refractivity contribution in [2.45, 2.75) is 38.5 Å². The third-order valence-electron chi connectivity index (χ3n) is 5.31. The van der Waals surface area contributed by atoms with E-state index in [1.807, 2.05) is 23.2 Å². The monoisotopic (exact) mass is 356 g/mol. The van der Waals surface area contributed by atoms with Crippen LogP contribution in [-0.2, 0) is 12.8 Å². The van der Waals surface area contributed by atoms with Gasteiger partial charge in [-0.15, -0.1) is 11.3 Å². The van der Waals surface area contributed by atoms with E-state index in [0.717, 1.165) is 49.7 Å². The zero-order valence-electron chi connectivity index (χ0n) is 14.7. The molecule has 2 aliphatic rings. The molecule has 0 bridgehead atoms. The molecule has 1 saturated heterocycles. The zero-order valence-corrected chi connectivity index (χ0v) is 15.5. The number of amides is 1. The fraction of sp³-hybridized carbons (Fsp3) is 0.500. The summed E-state index contributed by atoms with van der Waals surface area (Å²) in [5.74, 6) is 1.36. The minimum Gasteiger partial charge on any atom is -0.330 e. The van der Waals surface area contributed by atoms with Gasteiger partial charge < -0.3 is 4.90 Å². The summed E-state index contributed by atoms with van der Waals surface area (Å²) in [5.41, 5.74) is 1.44. The van der Waals surface area contributed by atoms with Crippen LogP contribution in [0.1, 0.15) is 45.8 Å². The molecular weight excluding hydrogens is 330 g/mol. The number of carbonyl (C=O) groups excluding carboxylic acids is 1. The molecule has 3 heterocycles. The molecule has 132 valence electrons. The highest BCUT2D eigenvalue weighted by molar-refractivity contribution is 7.14. The second-order valence-electron chi connectivity index (χ2n) is 7.00. The lowest BCUT2D eigenvalue weighted by molar-refractivity contribution is -0.364. The number of anilines is 1. The van der Waals surface area contributed by atoms with Crippen molar-refractivity contribution < 1.29 is 9.78 Å². The molecule has 4 nitrogen and oxygen atoms in total. The fourth-order valence-corrected chi connectivity index (χ4v) is 5.06. The van der Waals surface area contributed by atoms with Crippen molar-refractivity contribution in [1.82, 2.24) is 4.90 Å². The molecule has 4 rings (SSSR count). The molecule has 2 aromatic heterocycles. The van der Waals surface area contributed by atoms with Gasteiger partial charge in [-0.2, -0.15) is 0 Å². The normalized spacial score (nSPS) is 18.4. The number of hydrogen-bond donors (Lipinski definition) is 0. The highest BCUT2D eigenvalue weighted by atomic mass is 32.1. The molecular formula is C20H26N3OS+. The van der Waals surface area contributed by atoms with Gasteiger partial charge in [0.1, 0.15) is 13.1 Å². The highest BCUT2D eigenvalue weighted by Gasteiger charge is 2.28. The number of thiophene rings is 1. The van der Waals surface area contributed by atoms with E-state index < -0.39 is 0 Å². The van der Waals surface area contributed by atoms with Gasteiger partial charge in [-0.1, -0.05) is 18.9 Å². The van der Waals surface area contributed by atoms with Crippen molar-refractivity contribution in [3.63, 3.8) is 0 Å². The van der Waals surface area contributed by atoms with Gasteiger partial charge in [0.15, 0.2) is 0 Å². The summed E-state index contributed by atoms with van der Waals surface area (Å²) in [6.07, 6.45) is 9.46. The Morgan fingerprint density at radius 3 is 2.56 bits per heavy atom. The van der Waals surface area contributed by atoms with E-state index in [1.165, 1.54) is 36.1 Å². The number of aryl methyl sites for hydroxylation is 2. The molecule has 5 heteroatoms. The average Bonchev–Trinajstić information content (AvgIpc) is 3.04. The average molecular weight is 357 g/mol. The molecule has 1 aliphatic heterocycles. The number of piperazine rings is 1. The summed E-state index contributed by atoms with van der Waals surface area (Å²) in [4.78, 5) is 23.0. The van der Waals surface area contributed by atoms with Crippen molar-refractivity contribution in [1.29, 1.82) is 0 Å². The standard InChI is InChI=1S/C20H25N3OS/c24-20(18-15-16-7-3-1-2-4-8-17(16)25-18)23-13-11-22(12-14-23)19-9-5-6-10-21-19/h5-6,9-10,15H,1-4,7-8,11-14H2/p+1. The van der Waals surface area contributed by atoms with Gasteiger partial charge in [0.2, 0.25) is 0 Å². The predicted octanol–water partition coefficient (Wildman–Crippen LogP) is 3.18. The summed E-state index contributed by atoms with van der Waals surface area (Å²) < 4.78 is 0. The predicted molar refractivity (Wildman–Crippen MR) is 101 cm³/mol. The van der Waals surface area contributed by atoms with E-state index >= 15 is 0 Å². The molecule has 0 radical (unpaired) electrons. The van der Waals surface area contributed by atoms with Crippen LogP contribution < -0.4 is 9.88 Å². The molecule has 1 fully saturated rings. The van der Waals surface area contributed by atoms with Crippen LogP contribution in [0.2, 0.25) is 0 Å². The van der Waals surface area contributed by atoms with Crippen molar-refractivity contribution >= 4 is 23.1 Å². The Hall–Kier alpha value is -1.88. The minimum absolute atomic E-state index is 0.230. The Labute approximate surface area is 153 Å². The number of aromatic nitrogens is 1. The van der Waals surface area contributed by atoms with Crippen molar-refractivity contribution in [2.75, 3.05) is 31.1 Å². The molecule has 0 aromatic carbocycles. The first-order valence-electron chi connectivity index (χ1n) is 9.44. The maximum absolute atomic E-state index is 12.9. The highest BCUT2D eigenvalue weighted by Crippen LogP contribution is 2.29. The van der Waals surface area contributed by atoms with E-state index in [4.69, 9.17) is 0 Å². The van der Waals surface area contributed by atoms with Crippen LogP contribution in [0.25, 0.3) is 0 Å². The molecule has 0 atom stereocenters. The molecule has 0 saturated carbocycles. The number of nitrogens with zero attached hydrogens (tertiary/aromatic N) is 2. The van der Waals surface area contributed by atoms with Gasteiger partial charge in [0, 0.05) is 10.9 Å². The van der Waals surface area contributed by atoms with Crippen LogP contribution in [0, 0.1) is 0 Å². The number of aromatic amines is 1. The number of pyridine rings is 1. The van der Waals surface area contributed by atoms with Gasteiger partial charge >= 0.3 is 0 Å². The van der Waals surface area contributed by atoms with E-state index in [2.05, 4.69) is 22.0 Å². The van der Waals surface area contributed by atoms with Crippen LogP contribution in [0.3, 0.4) is 0 Å². The summed E-state index contributed by atoms with van der Waals surface area (Å²) in [7, 11) is 0. The van der Waals surface area contributed by atoms with Gasteiger partial charge in [-0.3, -0.25) is 9.69 Å². The van der Waals surface area contributed by atoms with Crippen molar-refractivity contribution in [2.24, 2.45) is 0 Å². The maximum atomic E-state index is 12.9. The van der Waals surface area contributed by atoms with Gasteiger partial charge in [-0.25, -0.2) is 4.98 Å². The molecule has 1 N–H and O–H groups in total. The summed E-state index contributed by atoms with van der Waals surface area (Å²) >= 11 is 1.75. The van der Waals surface area contributed by atoms with Crippen molar-refractivity contribution in [3.05, 3.63) is 45.8 Å². The van der Waals surface area contributed by atoms with Gasteiger partial charge in [0.25, 0.3) is 11.7 Å². The Bertz CT molecular complexity index is 694. The molecule has 0 spiro atoms. The van der Waals surface area contributed by atoms with E-state index in [-0.39, 0.29) is 5.91 Å². The number of rotatable bonds is 2. The molecule has 25 heavy (non-hydrogen) atoms. The second kappa shape index (κ2) is 7.56. The Morgan fingerprint density at radius 1 is 1.00 bits per heavy atom. The summed E-state index contributed by atoms with van der Waals surface area (Å²) in [6.45, 7) is 3.36. The van der Waals surface area contributed by atoms with Crippen LogP contribution >= 0.6 is 11.3 Å². The molecule has 0 unspecified atom stereocenters. The molecule has 2 aromatic rings. The lowest BCUT2D eigenvalue weighted by Gasteiger charge is -2.30. The fourth-order valence-electron chi connectivity index (χ4n) is 3.84. The number of H-pyrrole nitrogens is 1. The Kier molecular flexibility index (Phi) is 5.02. The Morgan fingerprint density at radius 2 is 1.80 bits per heavy atom. The van der Waals surface area contributed by atoms with Crippen LogP contribution in [-0.4, -0.2) is 37.0 Å².